The summed E-state index contributed by atoms with van der Waals surface area (Å²) in [5.41, 5.74) is 0.496. The van der Waals surface area contributed by atoms with Crippen molar-refractivity contribution in [3.8, 4) is 5.75 Å². The molecule has 6 heteroatoms. The second-order valence-electron chi connectivity index (χ2n) is 4.77. The predicted octanol–water partition coefficient (Wildman–Crippen LogP) is 2.39. The van der Waals surface area contributed by atoms with E-state index in [1.54, 1.807) is 30.2 Å². The van der Waals surface area contributed by atoms with Crippen molar-refractivity contribution in [2.45, 2.75) is 12.8 Å². The molecule has 0 bridgehead atoms. The number of halogens is 1. The summed E-state index contributed by atoms with van der Waals surface area (Å²) in [5.74, 6) is -0.880. The molecule has 1 amide bonds. The molecule has 1 aromatic rings. The molecule has 1 atom stereocenters. The molecule has 1 N–H and O–H groups in total. The first kappa shape index (κ1) is 14.8. The van der Waals surface area contributed by atoms with E-state index in [0.29, 0.717) is 35.2 Å². The quantitative estimate of drug-likeness (QED) is 0.916. The van der Waals surface area contributed by atoms with Gasteiger partial charge in [-0.2, -0.15) is 0 Å². The first-order chi connectivity index (χ1) is 9.52. The lowest BCUT2D eigenvalue weighted by Crippen LogP contribution is -2.42. The molecule has 0 aliphatic carbocycles. The number of hydrogen-bond donors (Lipinski definition) is 1. The van der Waals surface area contributed by atoms with Crippen molar-refractivity contribution in [2.24, 2.45) is 5.92 Å². The Morgan fingerprint density at radius 3 is 2.85 bits per heavy atom. The zero-order valence-corrected chi connectivity index (χ0v) is 12.7. The number of aliphatic carboxylic acids is 1. The van der Waals surface area contributed by atoms with Gasteiger partial charge in [0.05, 0.1) is 18.6 Å². The number of likely N-dealkylation sites (tertiary alicyclic amines) is 1. The molecule has 0 unspecified atom stereocenters. The van der Waals surface area contributed by atoms with E-state index in [2.05, 4.69) is 15.9 Å². The maximum Gasteiger partial charge on any atom is 0.308 e. The van der Waals surface area contributed by atoms with Crippen LogP contribution in [-0.2, 0) is 4.79 Å². The first-order valence-corrected chi connectivity index (χ1v) is 7.18. The highest BCUT2D eigenvalue weighted by Gasteiger charge is 2.29. The van der Waals surface area contributed by atoms with Gasteiger partial charge in [-0.25, -0.2) is 0 Å². The van der Waals surface area contributed by atoms with E-state index in [0.717, 1.165) is 0 Å². The number of ether oxygens (including phenoxy) is 1. The lowest BCUT2D eigenvalue weighted by atomic mass is 9.97. The normalized spacial score (nSPS) is 18.7. The fraction of sp³-hybridized carbons (Fsp3) is 0.429. The lowest BCUT2D eigenvalue weighted by Gasteiger charge is -2.31. The fourth-order valence-corrected chi connectivity index (χ4v) is 2.74. The third-order valence-corrected chi connectivity index (χ3v) is 4.15. The zero-order valence-electron chi connectivity index (χ0n) is 11.1. The van der Waals surface area contributed by atoms with Crippen LogP contribution in [-0.4, -0.2) is 42.1 Å². The Bertz CT molecular complexity index is 532. The summed E-state index contributed by atoms with van der Waals surface area (Å²) < 4.78 is 5.80. The van der Waals surface area contributed by atoms with Crippen LogP contribution in [0, 0.1) is 5.92 Å². The molecule has 108 valence electrons. The number of carbonyl (C=O) groups excluding carboxylic acids is 1. The molecule has 1 saturated heterocycles. The van der Waals surface area contributed by atoms with Crippen LogP contribution in [0.15, 0.2) is 22.7 Å². The number of amides is 1. The molecule has 1 fully saturated rings. The third-order valence-electron chi connectivity index (χ3n) is 3.46. The van der Waals surface area contributed by atoms with Crippen molar-refractivity contribution in [1.29, 1.82) is 0 Å². The maximum absolute atomic E-state index is 12.5. The Morgan fingerprint density at radius 1 is 1.45 bits per heavy atom. The standard InChI is InChI=1S/C14H16BrNO4/c1-20-10-4-5-12(15)11(7-10)13(17)16-6-2-3-9(8-16)14(18)19/h4-5,7,9H,2-3,6,8H2,1H3,(H,18,19)/t9-/m0/s1. The van der Waals surface area contributed by atoms with Crippen molar-refractivity contribution in [3.05, 3.63) is 28.2 Å². The molecular formula is C14H16BrNO4. The molecule has 20 heavy (non-hydrogen) atoms. The lowest BCUT2D eigenvalue weighted by molar-refractivity contribution is -0.143. The maximum atomic E-state index is 12.5. The number of rotatable bonds is 3. The molecule has 1 aliphatic heterocycles. The summed E-state index contributed by atoms with van der Waals surface area (Å²) in [6, 6.07) is 5.18. The van der Waals surface area contributed by atoms with Crippen molar-refractivity contribution in [3.63, 3.8) is 0 Å². The van der Waals surface area contributed by atoms with Crippen LogP contribution >= 0.6 is 15.9 Å². The number of carbonyl (C=O) groups is 2. The Balaban J connectivity index is 2.20. The number of carboxylic acids is 1. The van der Waals surface area contributed by atoms with E-state index in [-0.39, 0.29) is 12.5 Å². The van der Waals surface area contributed by atoms with Gasteiger partial charge in [-0.05, 0) is 47.0 Å². The molecule has 0 aromatic heterocycles. The molecule has 0 radical (unpaired) electrons. The highest BCUT2D eigenvalue weighted by atomic mass is 79.9. The van der Waals surface area contributed by atoms with Crippen LogP contribution in [0.3, 0.4) is 0 Å². The summed E-state index contributed by atoms with van der Waals surface area (Å²) >= 11 is 3.35. The van der Waals surface area contributed by atoms with Crippen molar-refractivity contribution in [2.75, 3.05) is 20.2 Å². The first-order valence-electron chi connectivity index (χ1n) is 6.38. The predicted molar refractivity (Wildman–Crippen MR) is 77.0 cm³/mol. The smallest absolute Gasteiger partial charge is 0.308 e. The highest BCUT2D eigenvalue weighted by Crippen LogP contribution is 2.26. The molecule has 1 aliphatic rings. The van der Waals surface area contributed by atoms with Gasteiger partial charge in [-0.15, -0.1) is 0 Å². The molecule has 5 nitrogen and oxygen atoms in total. The van der Waals surface area contributed by atoms with E-state index < -0.39 is 11.9 Å². The van der Waals surface area contributed by atoms with Gasteiger partial charge in [-0.1, -0.05) is 0 Å². The second-order valence-corrected chi connectivity index (χ2v) is 5.63. The summed E-state index contributed by atoms with van der Waals surface area (Å²) in [6.45, 7) is 0.851. The number of piperidine rings is 1. The van der Waals surface area contributed by atoms with Gasteiger partial charge in [0.25, 0.3) is 5.91 Å². The van der Waals surface area contributed by atoms with Crippen LogP contribution in [0.25, 0.3) is 0 Å². The number of carboxylic acid groups (broad SMARTS) is 1. The molecule has 1 heterocycles. The fourth-order valence-electron chi connectivity index (χ4n) is 2.33. The van der Waals surface area contributed by atoms with Gasteiger partial charge >= 0.3 is 5.97 Å². The Hall–Kier alpha value is -1.56. The molecule has 2 rings (SSSR count). The number of hydrogen-bond acceptors (Lipinski definition) is 3. The number of nitrogens with zero attached hydrogens (tertiary/aromatic N) is 1. The van der Waals surface area contributed by atoms with Crippen LogP contribution in [0.5, 0.6) is 5.75 Å². The van der Waals surface area contributed by atoms with Gasteiger partial charge in [0.1, 0.15) is 5.75 Å². The van der Waals surface area contributed by atoms with Crippen molar-refractivity contribution >= 4 is 27.8 Å². The van der Waals surface area contributed by atoms with Crippen molar-refractivity contribution < 1.29 is 19.4 Å². The molecule has 1 aromatic carbocycles. The minimum atomic E-state index is -0.841. The Labute approximate surface area is 125 Å². The minimum absolute atomic E-state index is 0.165. The van der Waals surface area contributed by atoms with Gasteiger partial charge in [0.15, 0.2) is 0 Å². The minimum Gasteiger partial charge on any atom is -0.497 e. The SMILES string of the molecule is COc1ccc(Br)c(C(=O)N2CCC[C@H](C(=O)O)C2)c1. The van der Waals surface area contributed by atoms with E-state index in [1.807, 2.05) is 0 Å². The third kappa shape index (κ3) is 3.12. The zero-order chi connectivity index (χ0) is 14.7. The largest absolute Gasteiger partial charge is 0.497 e. The molecule has 0 spiro atoms. The van der Waals surface area contributed by atoms with Crippen LogP contribution in [0.2, 0.25) is 0 Å². The Morgan fingerprint density at radius 2 is 2.20 bits per heavy atom. The van der Waals surface area contributed by atoms with Gasteiger partial charge < -0.3 is 14.7 Å². The van der Waals surface area contributed by atoms with E-state index in [1.165, 1.54) is 0 Å². The van der Waals surface area contributed by atoms with Crippen LogP contribution in [0.4, 0.5) is 0 Å². The van der Waals surface area contributed by atoms with Gasteiger partial charge in [-0.3, -0.25) is 9.59 Å². The summed E-state index contributed by atoms with van der Waals surface area (Å²) in [4.78, 5) is 25.2. The topological polar surface area (TPSA) is 66.8 Å². The van der Waals surface area contributed by atoms with E-state index >= 15 is 0 Å². The van der Waals surface area contributed by atoms with Gasteiger partial charge in [0.2, 0.25) is 0 Å². The van der Waals surface area contributed by atoms with Crippen LogP contribution in [0.1, 0.15) is 23.2 Å². The summed E-state index contributed by atoms with van der Waals surface area (Å²) in [7, 11) is 1.54. The van der Waals surface area contributed by atoms with E-state index in [9.17, 15) is 9.59 Å². The monoisotopic (exact) mass is 341 g/mol. The number of methoxy groups -OCH3 is 1. The summed E-state index contributed by atoms with van der Waals surface area (Å²) in [6.07, 6.45) is 1.34. The average Bonchev–Trinajstić information content (AvgIpc) is 2.47. The molecule has 0 saturated carbocycles. The van der Waals surface area contributed by atoms with E-state index in [4.69, 9.17) is 9.84 Å². The average molecular weight is 342 g/mol. The molecular weight excluding hydrogens is 326 g/mol. The Kier molecular flexibility index (Phi) is 4.65. The number of benzene rings is 1. The summed E-state index contributed by atoms with van der Waals surface area (Å²) in [5, 5.41) is 9.08. The van der Waals surface area contributed by atoms with Crippen molar-refractivity contribution in [1.82, 2.24) is 4.90 Å². The highest BCUT2D eigenvalue weighted by molar-refractivity contribution is 9.10. The second kappa shape index (κ2) is 6.26. The van der Waals surface area contributed by atoms with Gasteiger partial charge in [0, 0.05) is 17.6 Å². The van der Waals surface area contributed by atoms with Crippen LogP contribution < -0.4 is 4.74 Å².